The Labute approximate surface area is 175 Å². The fourth-order valence-corrected chi connectivity index (χ4v) is 4.06. The number of hydrogen-bond donors (Lipinski definition) is 0. The van der Waals surface area contributed by atoms with Crippen LogP contribution in [0.2, 0.25) is 0 Å². The third-order valence-corrected chi connectivity index (χ3v) is 5.76. The summed E-state index contributed by atoms with van der Waals surface area (Å²) in [6.07, 6.45) is 1.84. The molecule has 0 heterocycles. The van der Waals surface area contributed by atoms with Gasteiger partial charge in [0.15, 0.2) is 0 Å². The van der Waals surface area contributed by atoms with Crippen molar-refractivity contribution in [3.05, 3.63) is 83.9 Å². The molecule has 0 amide bonds. The maximum absolute atomic E-state index is 12.8. The maximum atomic E-state index is 12.8. The summed E-state index contributed by atoms with van der Waals surface area (Å²) >= 11 is 0. The predicted molar refractivity (Wildman–Crippen MR) is 120 cm³/mol. The fraction of sp³-hybridized carbons (Fsp3) is 0.259. The lowest BCUT2D eigenvalue weighted by molar-refractivity contribution is -0.137. The van der Waals surface area contributed by atoms with Crippen LogP contribution in [0.1, 0.15) is 43.7 Å². The highest BCUT2D eigenvalue weighted by atomic mass is 19.4. The zero-order valence-corrected chi connectivity index (χ0v) is 17.1. The largest absolute Gasteiger partial charge is 0.416 e. The number of alkyl halides is 3. The first-order valence-electron chi connectivity index (χ1n) is 10.6. The normalized spacial score (nSPS) is 12.0. The minimum atomic E-state index is -4.31. The molecule has 0 aliphatic rings. The standard InChI is InChI=1S/C27H25F3/c1-2-3-4-5-6-19-7-15-25-22(17-19)8-9-23-18-21(12-16-26(23)25)20-10-13-24(14-11-20)27(28,29)30/h7-18H,2-6H2,1H3. The molecule has 30 heavy (non-hydrogen) atoms. The van der Waals surface area contributed by atoms with Gasteiger partial charge < -0.3 is 0 Å². The van der Waals surface area contributed by atoms with Crippen molar-refractivity contribution in [1.29, 1.82) is 0 Å². The van der Waals surface area contributed by atoms with Crippen LogP contribution in [0.15, 0.2) is 72.8 Å². The molecule has 4 aromatic rings. The zero-order valence-electron chi connectivity index (χ0n) is 17.1. The second-order valence-corrected chi connectivity index (χ2v) is 7.94. The minimum Gasteiger partial charge on any atom is -0.166 e. The Kier molecular flexibility index (Phi) is 5.80. The summed E-state index contributed by atoms with van der Waals surface area (Å²) in [6.45, 7) is 2.23. The lowest BCUT2D eigenvalue weighted by atomic mass is 9.95. The topological polar surface area (TPSA) is 0 Å². The van der Waals surface area contributed by atoms with Crippen molar-refractivity contribution in [2.75, 3.05) is 0 Å². The number of rotatable bonds is 6. The van der Waals surface area contributed by atoms with E-state index in [1.54, 1.807) is 0 Å². The summed E-state index contributed by atoms with van der Waals surface area (Å²) in [5, 5.41) is 4.71. The van der Waals surface area contributed by atoms with Crippen molar-refractivity contribution in [3.8, 4) is 11.1 Å². The average molecular weight is 406 g/mol. The van der Waals surface area contributed by atoms with Gasteiger partial charge >= 0.3 is 6.18 Å². The molecule has 3 heteroatoms. The SMILES string of the molecule is CCCCCCc1ccc2c(ccc3cc(-c4ccc(C(F)(F)F)cc4)ccc32)c1. The molecular weight excluding hydrogens is 381 g/mol. The second-order valence-electron chi connectivity index (χ2n) is 7.94. The van der Waals surface area contributed by atoms with Gasteiger partial charge in [0.05, 0.1) is 5.56 Å². The Morgan fingerprint density at radius 3 is 1.93 bits per heavy atom. The molecule has 0 unspecified atom stereocenters. The van der Waals surface area contributed by atoms with Crippen molar-refractivity contribution in [1.82, 2.24) is 0 Å². The Bertz CT molecular complexity index is 1150. The van der Waals surface area contributed by atoms with Crippen LogP contribution in [-0.4, -0.2) is 0 Å². The Balaban J connectivity index is 1.62. The van der Waals surface area contributed by atoms with E-state index in [1.165, 1.54) is 59.5 Å². The van der Waals surface area contributed by atoms with Gasteiger partial charge in [-0.05, 0) is 69.3 Å². The first-order valence-corrected chi connectivity index (χ1v) is 10.6. The highest BCUT2D eigenvalue weighted by Crippen LogP contribution is 2.33. The van der Waals surface area contributed by atoms with Crippen molar-refractivity contribution in [2.45, 2.75) is 45.2 Å². The molecule has 0 radical (unpaired) electrons. The molecule has 0 atom stereocenters. The van der Waals surface area contributed by atoms with Gasteiger partial charge in [0.2, 0.25) is 0 Å². The van der Waals surface area contributed by atoms with E-state index in [4.69, 9.17) is 0 Å². The fourth-order valence-electron chi connectivity index (χ4n) is 4.06. The molecule has 0 saturated carbocycles. The van der Waals surface area contributed by atoms with E-state index in [2.05, 4.69) is 49.4 Å². The maximum Gasteiger partial charge on any atom is 0.416 e. The van der Waals surface area contributed by atoms with Crippen molar-refractivity contribution in [2.24, 2.45) is 0 Å². The van der Waals surface area contributed by atoms with E-state index in [1.807, 2.05) is 6.07 Å². The molecule has 4 aromatic carbocycles. The Hall–Kier alpha value is -2.81. The summed E-state index contributed by atoms with van der Waals surface area (Å²) in [5.74, 6) is 0. The molecule has 0 bridgehead atoms. The highest BCUT2D eigenvalue weighted by Gasteiger charge is 2.29. The monoisotopic (exact) mass is 406 g/mol. The third kappa shape index (κ3) is 4.35. The first kappa shape index (κ1) is 20.5. The number of hydrogen-bond acceptors (Lipinski definition) is 0. The van der Waals surface area contributed by atoms with E-state index in [9.17, 15) is 13.2 Å². The van der Waals surface area contributed by atoms with Gasteiger partial charge in [-0.25, -0.2) is 0 Å². The number of unbranched alkanes of at least 4 members (excludes halogenated alkanes) is 3. The van der Waals surface area contributed by atoms with Crippen LogP contribution in [0.3, 0.4) is 0 Å². The number of halogens is 3. The van der Waals surface area contributed by atoms with Crippen molar-refractivity contribution < 1.29 is 13.2 Å². The highest BCUT2D eigenvalue weighted by molar-refractivity contribution is 6.08. The van der Waals surface area contributed by atoms with E-state index < -0.39 is 11.7 Å². The van der Waals surface area contributed by atoms with Crippen molar-refractivity contribution >= 4 is 21.5 Å². The quantitative estimate of drug-likeness (QED) is 0.222. The van der Waals surface area contributed by atoms with E-state index in [0.29, 0.717) is 0 Å². The van der Waals surface area contributed by atoms with Gasteiger partial charge in [-0.1, -0.05) is 80.8 Å². The van der Waals surface area contributed by atoms with Gasteiger partial charge in [-0.2, -0.15) is 13.2 Å². The van der Waals surface area contributed by atoms with Crippen LogP contribution in [0.25, 0.3) is 32.7 Å². The number of benzene rings is 4. The van der Waals surface area contributed by atoms with E-state index >= 15 is 0 Å². The molecule has 0 aliphatic carbocycles. The summed E-state index contributed by atoms with van der Waals surface area (Å²) in [7, 11) is 0. The van der Waals surface area contributed by atoms with Gasteiger partial charge in [0.1, 0.15) is 0 Å². The molecular formula is C27H25F3. The van der Waals surface area contributed by atoms with Crippen LogP contribution in [0.5, 0.6) is 0 Å². The first-order chi connectivity index (χ1) is 14.5. The van der Waals surface area contributed by atoms with Gasteiger partial charge in [0.25, 0.3) is 0 Å². The van der Waals surface area contributed by atoms with Crippen LogP contribution in [0.4, 0.5) is 13.2 Å². The Morgan fingerprint density at radius 1 is 0.633 bits per heavy atom. The van der Waals surface area contributed by atoms with Gasteiger partial charge in [0, 0.05) is 0 Å². The lowest BCUT2D eigenvalue weighted by Gasteiger charge is -2.10. The number of aryl methyl sites for hydroxylation is 1. The second kappa shape index (κ2) is 8.51. The summed E-state index contributed by atoms with van der Waals surface area (Å²) in [5.41, 5.74) is 2.46. The smallest absolute Gasteiger partial charge is 0.166 e. The number of fused-ring (bicyclic) bond motifs is 3. The lowest BCUT2D eigenvalue weighted by Crippen LogP contribution is -2.03. The van der Waals surface area contributed by atoms with Crippen LogP contribution < -0.4 is 0 Å². The molecule has 0 spiro atoms. The molecule has 154 valence electrons. The molecule has 0 fully saturated rings. The molecule has 0 N–H and O–H groups in total. The van der Waals surface area contributed by atoms with E-state index in [-0.39, 0.29) is 0 Å². The van der Waals surface area contributed by atoms with Crippen LogP contribution in [-0.2, 0) is 12.6 Å². The minimum absolute atomic E-state index is 0.622. The average Bonchev–Trinajstić information content (AvgIpc) is 2.75. The van der Waals surface area contributed by atoms with Crippen LogP contribution >= 0.6 is 0 Å². The van der Waals surface area contributed by atoms with E-state index in [0.717, 1.165) is 35.1 Å². The molecule has 0 aromatic heterocycles. The van der Waals surface area contributed by atoms with Crippen molar-refractivity contribution in [3.63, 3.8) is 0 Å². The Morgan fingerprint density at radius 2 is 1.27 bits per heavy atom. The molecule has 0 nitrogen and oxygen atoms in total. The summed E-state index contributed by atoms with van der Waals surface area (Å²) in [6, 6.07) is 22.4. The molecule has 0 saturated heterocycles. The molecule has 0 aliphatic heterocycles. The summed E-state index contributed by atoms with van der Waals surface area (Å²) in [4.78, 5) is 0. The van der Waals surface area contributed by atoms with Crippen LogP contribution in [0, 0.1) is 0 Å². The predicted octanol–water partition coefficient (Wildman–Crippen LogP) is 8.80. The third-order valence-electron chi connectivity index (χ3n) is 5.76. The zero-order chi connectivity index (χ0) is 21.1. The van der Waals surface area contributed by atoms with Gasteiger partial charge in [-0.3, -0.25) is 0 Å². The van der Waals surface area contributed by atoms with Gasteiger partial charge in [-0.15, -0.1) is 0 Å². The molecule has 4 rings (SSSR count). The summed E-state index contributed by atoms with van der Waals surface area (Å²) < 4.78 is 38.4.